The highest BCUT2D eigenvalue weighted by Gasteiger charge is 2.67. The number of hydrazine groups is 1. The molecule has 4 nitrogen and oxygen atoms in total. The first-order valence-electron chi connectivity index (χ1n) is 6.71. The van der Waals surface area contributed by atoms with Crippen LogP contribution in [-0.4, -0.2) is 35.0 Å². The van der Waals surface area contributed by atoms with Gasteiger partial charge in [0, 0.05) is 24.9 Å². The van der Waals surface area contributed by atoms with Crippen molar-refractivity contribution in [1.29, 1.82) is 0 Å². The van der Waals surface area contributed by atoms with E-state index in [-0.39, 0.29) is 18.4 Å². The first-order valence-corrected chi connectivity index (χ1v) is 6.71. The van der Waals surface area contributed by atoms with Gasteiger partial charge in [-0.1, -0.05) is 12.8 Å². The van der Waals surface area contributed by atoms with Gasteiger partial charge in [-0.15, -0.1) is 0 Å². The maximum atomic E-state index is 12.7. The molecule has 1 aliphatic heterocycles. The lowest BCUT2D eigenvalue weighted by Gasteiger charge is -2.27. The number of carbonyl (C=O) groups is 1. The van der Waals surface area contributed by atoms with Crippen LogP contribution in [0.4, 0.5) is 18.0 Å². The van der Waals surface area contributed by atoms with Gasteiger partial charge in [-0.25, -0.2) is 15.2 Å². The zero-order chi connectivity index (χ0) is 13.7. The lowest BCUT2D eigenvalue weighted by atomic mass is 9.96. The van der Waals surface area contributed by atoms with Gasteiger partial charge in [0.1, 0.15) is 0 Å². The van der Waals surface area contributed by atoms with E-state index in [2.05, 4.69) is 5.43 Å². The minimum Gasteiger partial charge on any atom is -0.432 e. The van der Waals surface area contributed by atoms with E-state index in [9.17, 15) is 18.0 Å². The lowest BCUT2D eigenvalue weighted by molar-refractivity contribution is -0.220. The molecule has 0 aromatic rings. The largest absolute Gasteiger partial charge is 0.432 e. The Morgan fingerprint density at radius 2 is 1.74 bits per heavy atom. The molecule has 1 saturated heterocycles. The predicted molar refractivity (Wildman–Crippen MR) is 60.2 cm³/mol. The average molecular weight is 278 g/mol. The summed E-state index contributed by atoms with van der Waals surface area (Å²) in [5, 5.41) is 1.22. The summed E-state index contributed by atoms with van der Waals surface area (Å²) in [5.74, 6) is 0. The van der Waals surface area contributed by atoms with Gasteiger partial charge in [0.15, 0.2) is 0 Å². The SMILES string of the molecule is O=C(OC1(C(F)(F)F)CC1)N1CCC2(CCCC2)N1. The summed E-state index contributed by atoms with van der Waals surface area (Å²) in [7, 11) is 0. The Kier molecular flexibility index (Phi) is 2.75. The monoisotopic (exact) mass is 278 g/mol. The molecule has 1 amide bonds. The Morgan fingerprint density at radius 1 is 1.11 bits per heavy atom. The van der Waals surface area contributed by atoms with Crippen molar-refractivity contribution in [3.05, 3.63) is 0 Å². The molecule has 0 atom stereocenters. The zero-order valence-electron chi connectivity index (χ0n) is 10.6. The number of alkyl halides is 3. The molecule has 1 spiro atoms. The Bertz CT molecular complexity index is 387. The van der Waals surface area contributed by atoms with Gasteiger partial charge in [0.05, 0.1) is 0 Å². The molecule has 0 radical (unpaired) electrons. The molecule has 108 valence electrons. The van der Waals surface area contributed by atoms with Crippen LogP contribution < -0.4 is 5.43 Å². The smallest absolute Gasteiger partial charge is 0.428 e. The zero-order valence-corrected chi connectivity index (χ0v) is 10.6. The van der Waals surface area contributed by atoms with Crippen LogP contribution in [0.1, 0.15) is 44.9 Å². The molecular weight excluding hydrogens is 261 g/mol. The van der Waals surface area contributed by atoms with Crippen molar-refractivity contribution in [1.82, 2.24) is 10.4 Å². The third-order valence-electron chi connectivity index (χ3n) is 4.47. The Labute approximate surface area is 109 Å². The quantitative estimate of drug-likeness (QED) is 0.802. The van der Waals surface area contributed by atoms with E-state index in [1.807, 2.05) is 0 Å². The number of amides is 1. The van der Waals surface area contributed by atoms with E-state index in [4.69, 9.17) is 4.74 Å². The van der Waals surface area contributed by atoms with Crippen LogP contribution in [0, 0.1) is 0 Å². The minimum absolute atomic E-state index is 0.0893. The number of hydrogen-bond acceptors (Lipinski definition) is 3. The molecule has 2 saturated carbocycles. The van der Waals surface area contributed by atoms with Crippen LogP contribution >= 0.6 is 0 Å². The molecule has 7 heteroatoms. The standard InChI is InChI=1S/C12H17F3N2O2/c13-12(14,15)11(5-6-11)19-9(18)17-8-7-10(16-17)3-1-2-4-10/h16H,1-8H2. The van der Waals surface area contributed by atoms with Gasteiger partial charge < -0.3 is 4.74 Å². The summed E-state index contributed by atoms with van der Waals surface area (Å²) in [6.45, 7) is 0.423. The number of rotatable bonds is 1. The number of nitrogens with zero attached hydrogens (tertiary/aromatic N) is 1. The Balaban J connectivity index is 1.60. The highest BCUT2D eigenvalue weighted by atomic mass is 19.4. The second-order valence-corrected chi connectivity index (χ2v) is 5.86. The fourth-order valence-corrected chi connectivity index (χ4v) is 3.05. The molecule has 0 bridgehead atoms. The van der Waals surface area contributed by atoms with Crippen LogP contribution in [0.25, 0.3) is 0 Å². The molecule has 19 heavy (non-hydrogen) atoms. The average Bonchev–Trinajstić information content (AvgIpc) is 2.84. The first-order chi connectivity index (χ1) is 8.86. The van der Waals surface area contributed by atoms with Crippen molar-refractivity contribution in [2.24, 2.45) is 0 Å². The van der Waals surface area contributed by atoms with E-state index in [1.54, 1.807) is 0 Å². The van der Waals surface area contributed by atoms with Crippen molar-refractivity contribution in [3.63, 3.8) is 0 Å². The number of hydrogen-bond donors (Lipinski definition) is 1. The Hall–Kier alpha value is -0.980. The normalized spacial score (nSPS) is 27.8. The first kappa shape index (κ1) is 13.0. The second kappa shape index (κ2) is 4.01. The van der Waals surface area contributed by atoms with Gasteiger partial charge in [0.25, 0.3) is 0 Å². The van der Waals surface area contributed by atoms with Crippen molar-refractivity contribution in [3.8, 4) is 0 Å². The van der Waals surface area contributed by atoms with Crippen LogP contribution in [0.15, 0.2) is 0 Å². The summed E-state index contributed by atoms with van der Waals surface area (Å²) in [6, 6.07) is 0. The van der Waals surface area contributed by atoms with Gasteiger partial charge in [-0.05, 0) is 19.3 Å². The lowest BCUT2D eigenvalue weighted by Crippen LogP contribution is -2.49. The van der Waals surface area contributed by atoms with Crippen molar-refractivity contribution < 1.29 is 22.7 Å². The third kappa shape index (κ3) is 2.17. The van der Waals surface area contributed by atoms with Crippen molar-refractivity contribution in [2.75, 3.05) is 6.54 Å². The van der Waals surface area contributed by atoms with Gasteiger partial charge in [-0.3, -0.25) is 0 Å². The van der Waals surface area contributed by atoms with Gasteiger partial charge in [-0.2, -0.15) is 13.2 Å². The molecule has 1 heterocycles. The molecular formula is C12H17F3N2O2. The number of nitrogens with one attached hydrogen (secondary N) is 1. The van der Waals surface area contributed by atoms with E-state index in [1.165, 1.54) is 5.01 Å². The fraction of sp³-hybridized carbons (Fsp3) is 0.917. The highest BCUT2D eigenvalue weighted by Crippen LogP contribution is 2.52. The summed E-state index contributed by atoms with van der Waals surface area (Å²) >= 11 is 0. The van der Waals surface area contributed by atoms with Gasteiger partial charge in [0.2, 0.25) is 5.60 Å². The van der Waals surface area contributed by atoms with E-state index in [0.29, 0.717) is 6.54 Å². The molecule has 3 fully saturated rings. The molecule has 0 unspecified atom stereocenters. The molecule has 0 aromatic carbocycles. The second-order valence-electron chi connectivity index (χ2n) is 5.86. The maximum Gasteiger partial charge on any atom is 0.428 e. The van der Waals surface area contributed by atoms with E-state index >= 15 is 0 Å². The topological polar surface area (TPSA) is 41.6 Å². The molecule has 2 aliphatic carbocycles. The Morgan fingerprint density at radius 3 is 2.26 bits per heavy atom. The summed E-state index contributed by atoms with van der Waals surface area (Å²) < 4.78 is 42.9. The van der Waals surface area contributed by atoms with Crippen LogP contribution in [0.2, 0.25) is 0 Å². The van der Waals surface area contributed by atoms with Crippen LogP contribution in [-0.2, 0) is 4.74 Å². The summed E-state index contributed by atoms with van der Waals surface area (Å²) in [4.78, 5) is 11.8. The van der Waals surface area contributed by atoms with Crippen molar-refractivity contribution in [2.45, 2.75) is 62.3 Å². The fourth-order valence-electron chi connectivity index (χ4n) is 3.05. The van der Waals surface area contributed by atoms with E-state index < -0.39 is 17.9 Å². The minimum atomic E-state index is -4.46. The van der Waals surface area contributed by atoms with Crippen molar-refractivity contribution >= 4 is 6.09 Å². The third-order valence-corrected chi connectivity index (χ3v) is 4.47. The predicted octanol–water partition coefficient (Wildman–Crippen LogP) is 2.74. The van der Waals surface area contributed by atoms with Crippen LogP contribution in [0.5, 0.6) is 0 Å². The highest BCUT2D eigenvalue weighted by molar-refractivity contribution is 5.68. The summed E-state index contributed by atoms with van der Waals surface area (Å²) in [5.41, 5.74) is 0.745. The van der Waals surface area contributed by atoms with Crippen LogP contribution in [0.3, 0.4) is 0 Å². The maximum absolute atomic E-state index is 12.7. The van der Waals surface area contributed by atoms with Gasteiger partial charge >= 0.3 is 12.3 Å². The molecule has 3 aliphatic rings. The summed E-state index contributed by atoms with van der Waals surface area (Å²) in [6.07, 6.45) is -0.664. The number of halogens is 3. The molecule has 3 rings (SSSR count). The molecule has 1 N–H and O–H groups in total. The molecule has 0 aromatic heterocycles. The number of ether oxygens (including phenoxy) is 1. The van der Waals surface area contributed by atoms with E-state index in [0.717, 1.165) is 32.1 Å². The number of carbonyl (C=O) groups excluding carboxylic acids is 1.